The highest BCUT2D eigenvalue weighted by Gasteiger charge is 2.22. The zero-order chi connectivity index (χ0) is 26.5. The number of carboxylic acids is 1. The SMILES string of the molecule is O=C(C[C@@H](O)CNC(=O)OCc1ccccc1)N[C@H](Cc1cccc(OCc2ccccc2)c1)C(=O)O. The van der Waals surface area contributed by atoms with Gasteiger partial charge in [0.05, 0.1) is 12.5 Å². The van der Waals surface area contributed by atoms with Crippen molar-refractivity contribution in [2.45, 2.75) is 38.2 Å². The minimum atomic E-state index is -1.21. The first-order valence-electron chi connectivity index (χ1n) is 11.8. The molecule has 0 spiro atoms. The summed E-state index contributed by atoms with van der Waals surface area (Å²) >= 11 is 0. The number of carboxylic acid groups (broad SMARTS) is 1. The van der Waals surface area contributed by atoms with Crippen LogP contribution in [0.3, 0.4) is 0 Å². The van der Waals surface area contributed by atoms with E-state index in [4.69, 9.17) is 9.47 Å². The molecule has 0 bridgehead atoms. The number of rotatable bonds is 13. The molecular formula is C28H30N2O7. The second-order valence-electron chi connectivity index (χ2n) is 8.38. The Morgan fingerprint density at radius 1 is 0.811 bits per heavy atom. The van der Waals surface area contributed by atoms with Crippen LogP contribution in [0.25, 0.3) is 0 Å². The molecule has 9 nitrogen and oxygen atoms in total. The lowest BCUT2D eigenvalue weighted by atomic mass is 10.1. The van der Waals surface area contributed by atoms with Crippen molar-refractivity contribution in [3.05, 3.63) is 102 Å². The Bertz CT molecular complexity index is 1160. The lowest BCUT2D eigenvalue weighted by Gasteiger charge is -2.17. The third-order valence-electron chi connectivity index (χ3n) is 5.34. The molecule has 9 heteroatoms. The number of benzene rings is 3. The lowest BCUT2D eigenvalue weighted by molar-refractivity contribution is -0.142. The Morgan fingerprint density at radius 3 is 2.08 bits per heavy atom. The molecule has 0 aliphatic heterocycles. The molecule has 0 aliphatic carbocycles. The van der Waals surface area contributed by atoms with Gasteiger partial charge < -0.3 is 30.3 Å². The highest BCUT2D eigenvalue weighted by molar-refractivity contribution is 5.84. The number of ether oxygens (including phenoxy) is 2. The Hall–Kier alpha value is -4.37. The van der Waals surface area contributed by atoms with Gasteiger partial charge in [-0.25, -0.2) is 9.59 Å². The quantitative estimate of drug-likeness (QED) is 0.280. The van der Waals surface area contributed by atoms with E-state index in [1.807, 2.05) is 48.5 Å². The first-order valence-corrected chi connectivity index (χ1v) is 11.8. The van der Waals surface area contributed by atoms with Crippen molar-refractivity contribution in [2.24, 2.45) is 0 Å². The average Bonchev–Trinajstić information content (AvgIpc) is 2.90. The molecule has 0 aliphatic rings. The summed E-state index contributed by atoms with van der Waals surface area (Å²) < 4.78 is 10.8. The predicted molar refractivity (Wildman–Crippen MR) is 136 cm³/mol. The van der Waals surface area contributed by atoms with E-state index in [2.05, 4.69) is 10.6 Å². The molecule has 37 heavy (non-hydrogen) atoms. The molecule has 0 heterocycles. The molecule has 0 radical (unpaired) electrons. The highest BCUT2D eigenvalue weighted by Crippen LogP contribution is 2.17. The normalized spacial score (nSPS) is 12.1. The van der Waals surface area contributed by atoms with E-state index in [1.54, 1.807) is 36.4 Å². The van der Waals surface area contributed by atoms with Gasteiger partial charge in [0.2, 0.25) is 5.91 Å². The number of amides is 2. The minimum Gasteiger partial charge on any atom is -0.489 e. The molecule has 2 amide bonds. The van der Waals surface area contributed by atoms with Crippen LogP contribution < -0.4 is 15.4 Å². The number of carbonyl (C=O) groups excluding carboxylic acids is 2. The Balaban J connectivity index is 1.43. The van der Waals surface area contributed by atoms with Crippen LogP contribution in [0.5, 0.6) is 5.75 Å². The van der Waals surface area contributed by atoms with Gasteiger partial charge in [-0.2, -0.15) is 0 Å². The number of alkyl carbamates (subject to hydrolysis) is 1. The van der Waals surface area contributed by atoms with Crippen LogP contribution in [0.1, 0.15) is 23.1 Å². The number of aliphatic hydroxyl groups is 1. The van der Waals surface area contributed by atoms with Gasteiger partial charge in [-0.05, 0) is 28.8 Å². The predicted octanol–water partition coefficient (Wildman–Crippen LogP) is 3.05. The van der Waals surface area contributed by atoms with Gasteiger partial charge >= 0.3 is 12.1 Å². The number of hydrogen-bond donors (Lipinski definition) is 4. The maximum atomic E-state index is 12.3. The van der Waals surface area contributed by atoms with Crippen molar-refractivity contribution in [1.82, 2.24) is 10.6 Å². The minimum absolute atomic E-state index is 0.0315. The van der Waals surface area contributed by atoms with Crippen LogP contribution in [0, 0.1) is 0 Å². The van der Waals surface area contributed by atoms with Crippen molar-refractivity contribution < 1.29 is 34.1 Å². The van der Waals surface area contributed by atoms with Gasteiger partial charge in [0.1, 0.15) is 25.0 Å². The van der Waals surface area contributed by atoms with Crippen molar-refractivity contribution in [2.75, 3.05) is 6.54 Å². The van der Waals surface area contributed by atoms with Crippen molar-refractivity contribution in [3.8, 4) is 5.75 Å². The number of nitrogens with one attached hydrogen (secondary N) is 2. The molecule has 2 atom stereocenters. The van der Waals surface area contributed by atoms with E-state index >= 15 is 0 Å². The van der Waals surface area contributed by atoms with E-state index in [9.17, 15) is 24.6 Å². The smallest absolute Gasteiger partial charge is 0.407 e. The summed E-state index contributed by atoms with van der Waals surface area (Å²) in [6.07, 6.45) is -2.30. The van der Waals surface area contributed by atoms with Crippen LogP contribution in [-0.2, 0) is 34.0 Å². The molecule has 0 aromatic heterocycles. The number of carbonyl (C=O) groups is 3. The second-order valence-corrected chi connectivity index (χ2v) is 8.38. The highest BCUT2D eigenvalue weighted by atomic mass is 16.5. The fraction of sp³-hybridized carbons (Fsp3) is 0.250. The van der Waals surface area contributed by atoms with Crippen LogP contribution >= 0.6 is 0 Å². The number of aliphatic hydroxyl groups excluding tert-OH is 1. The monoisotopic (exact) mass is 506 g/mol. The largest absolute Gasteiger partial charge is 0.489 e. The fourth-order valence-electron chi connectivity index (χ4n) is 3.45. The third-order valence-corrected chi connectivity index (χ3v) is 5.34. The van der Waals surface area contributed by atoms with Crippen molar-refractivity contribution in [3.63, 3.8) is 0 Å². The zero-order valence-electron chi connectivity index (χ0n) is 20.2. The van der Waals surface area contributed by atoms with Gasteiger partial charge in [0.25, 0.3) is 0 Å². The van der Waals surface area contributed by atoms with Gasteiger partial charge in [-0.3, -0.25) is 4.79 Å². The summed E-state index contributed by atoms with van der Waals surface area (Å²) in [5, 5.41) is 24.5. The summed E-state index contributed by atoms with van der Waals surface area (Å²) in [4.78, 5) is 35.9. The standard InChI is InChI=1S/C28H30N2O7/c31-23(17-29-28(35)37-19-21-10-5-2-6-11-21)16-26(32)30-25(27(33)34)15-22-12-7-13-24(14-22)36-18-20-8-3-1-4-9-20/h1-14,23,25,31H,15-19H2,(H,29,35)(H,30,32)(H,33,34)/t23-,25-/m1/s1. The van der Waals surface area contributed by atoms with Crippen molar-refractivity contribution in [1.29, 1.82) is 0 Å². The van der Waals surface area contributed by atoms with E-state index in [-0.39, 0.29) is 26.0 Å². The fourth-order valence-corrected chi connectivity index (χ4v) is 3.45. The summed E-state index contributed by atoms with van der Waals surface area (Å²) in [6, 6.07) is 24.5. The van der Waals surface area contributed by atoms with Crippen LogP contribution in [0.2, 0.25) is 0 Å². The molecule has 0 fully saturated rings. The van der Waals surface area contributed by atoms with Crippen LogP contribution in [-0.4, -0.2) is 46.9 Å². The van der Waals surface area contributed by atoms with Gasteiger partial charge in [0, 0.05) is 13.0 Å². The lowest BCUT2D eigenvalue weighted by Crippen LogP contribution is -2.44. The molecule has 3 aromatic carbocycles. The number of hydrogen-bond acceptors (Lipinski definition) is 6. The van der Waals surface area contributed by atoms with Crippen LogP contribution in [0.4, 0.5) is 4.79 Å². The first kappa shape index (κ1) is 27.2. The molecule has 0 unspecified atom stereocenters. The van der Waals surface area contributed by atoms with Gasteiger partial charge in [-0.1, -0.05) is 72.8 Å². The summed E-state index contributed by atoms with van der Waals surface area (Å²) in [6.45, 7) is 0.219. The van der Waals surface area contributed by atoms with Gasteiger partial charge in [-0.15, -0.1) is 0 Å². The first-order chi connectivity index (χ1) is 17.9. The van der Waals surface area contributed by atoms with E-state index in [1.165, 1.54) is 0 Å². The molecule has 3 aromatic rings. The molecule has 0 saturated carbocycles. The van der Waals surface area contributed by atoms with E-state index in [0.29, 0.717) is 17.9 Å². The second kappa shape index (κ2) is 14.3. The summed E-state index contributed by atoms with van der Waals surface area (Å²) in [7, 11) is 0. The Kier molecular flexibility index (Phi) is 10.5. The molecule has 3 rings (SSSR count). The van der Waals surface area contributed by atoms with E-state index < -0.39 is 30.1 Å². The molecule has 194 valence electrons. The van der Waals surface area contributed by atoms with E-state index in [0.717, 1.165) is 11.1 Å². The topological polar surface area (TPSA) is 134 Å². The third kappa shape index (κ3) is 10.0. The Labute approximate surface area is 215 Å². The summed E-state index contributed by atoms with van der Waals surface area (Å²) in [5.41, 5.74) is 2.48. The maximum absolute atomic E-state index is 12.3. The Morgan fingerprint density at radius 2 is 1.43 bits per heavy atom. The molecule has 0 saturated heterocycles. The number of aliphatic carboxylic acids is 1. The van der Waals surface area contributed by atoms with Crippen molar-refractivity contribution >= 4 is 18.0 Å². The van der Waals surface area contributed by atoms with Crippen LogP contribution in [0.15, 0.2) is 84.9 Å². The molecular weight excluding hydrogens is 476 g/mol. The maximum Gasteiger partial charge on any atom is 0.407 e. The van der Waals surface area contributed by atoms with Gasteiger partial charge in [0.15, 0.2) is 0 Å². The average molecular weight is 507 g/mol. The zero-order valence-corrected chi connectivity index (χ0v) is 20.2. The summed E-state index contributed by atoms with van der Waals surface area (Å²) in [5.74, 6) is -1.28. The molecule has 4 N–H and O–H groups in total.